The van der Waals surface area contributed by atoms with E-state index in [2.05, 4.69) is 4.98 Å². The number of cyclic esters (lactones) is 1. The van der Waals surface area contributed by atoms with Crippen LogP contribution in [0.1, 0.15) is 21.6 Å². The number of fused-ring (bicyclic) bond motifs is 1. The third-order valence-corrected chi connectivity index (χ3v) is 3.97. The third kappa shape index (κ3) is 3.39. The molecule has 23 heavy (non-hydrogen) atoms. The first-order valence-electron chi connectivity index (χ1n) is 7.59. The second-order valence-electron chi connectivity index (χ2n) is 5.59. The zero-order chi connectivity index (χ0) is 16.2. The van der Waals surface area contributed by atoms with Crippen LogP contribution in [-0.4, -0.2) is 41.5 Å². The zero-order valence-electron chi connectivity index (χ0n) is 12.9. The average Bonchev–Trinajstić information content (AvgIpc) is 2.60. The number of amides is 1. The molecule has 5 heteroatoms. The zero-order valence-corrected chi connectivity index (χ0v) is 12.9. The molecule has 0 saturated carbocycles. The molecule has 0 bridgehead atoms. The number of rotatable bonds is 4. The van der Waals surface area contributed by atoms with Gasteiger partial charge in [0.2, 0.25) is 0 Å². The summed E-state index contributed by atoms with van der Waals surface area (Å²) in [6.07, 6.45) is 2.08. The lowest BCUT2D eigenvalue weighted by molar-refractivity contribution is -0.139. The molecule has 0 radical (unpaired) electrons. The molecular formula is C18H18N2O3. The first kappa shape index (κ1) is 15.2. The monoisotopic (exact) mass is 310 g/mol. The third-order valence-electron chi connectivity index (χ3n) is 3.97. The summed E-state index contributed by atoms with van der Waals surface area (Å²) < 4.78 is 5.30. The Morgan fingerprint density at radius 3 is 2.83 bits per heavy atom. The second-order valence-corrected chi connectivity index (χ2v) is 5.59. The van der Waals surface area contributed by atoms with Crippen LogP contribution in [0.25, 0.3) is 0 Å². The minimum absolute atomic E-state index is 0.177. The lowest BCUT2D eigenvalue weighted by Gasteiger charge is -2.27. The van der Waals surface area contributed by atoms with E-state index < -0.39 is 12.1 Å². The Labute approximate surface area is 134 Å². The minimum atomic E-state index is -0.744. The van der Waals surface area contributed by atoms with Crippen molar-refractivity contribution in [2.75, 3.05) is 13.6 Å². The summed E-state index contributed by atoms with van der Waals surface area (Å²) in [4.78, 5) is 30.3. The Bertz CT molecular complexity index is 715. The number of likely N-dealkylation sites (N-methyl/N-ethyl adjacent to an activating group) is 1. The highest BCUT2D eigenvalue weighted by atomic mass is 16.5. The molecule has 0 saturated heterocycles. The molecule has 1 aromatic carbocycles. The number of carbonyl (C=O) groups is 2. The lowest BCUT2D eigenvalue weighted by Crippen LogP contribution is -2.43. The van der Waals surface area contributed by atoms with Crippen LogP contribution in [0.15, 0.2) is 48.7 Å². The number of benzene rings is 1. The van der Waals surface area contributed by atoms with Gasteiger partial charge in [-0.1, -0.05) is 24.3 Å². The number of carbonyl (C=O) groups excluding carboxylic acids is 2. The summed E-state index contributed by atoms with van der Waals surface area (Å²) >= 11 is 0. The molecule has 3 rings (SSSR count). The Kier molecular flexibility index (Phi) is 4.37. The van der Waals surface area contributed by atoms with Crippen LogP contribution in [-0.2, 0) is 22.4 Å². The molecule has 1 atom stereocenters. The van der Waals surface area contributed by atoms with Gasteiger partial charge < -0.3 is 9.64 Å². The van der Waals surface area contributed by atoms with Gasteiger partial charge >= 0.3 is 5.97 Å². The van der Waals surface area contributed by atoms with E-state index >= 15 is 0 Å². The molecule has 1 aliphatic rings. The van der Waals surface area contributed by atoms with Crippen molar-refractivity contribution in [2.24, 2.45) is 0 Å². The maximum atomic E-state index is 12.5. The van der Waals surface area contributed by atoms with Crippen LogP contribution in [0.2, 0.25) is 0 Å². The van der Waals surface area contributed by atoms with Crippen molar-refractivity contribution in [1.29, 1.82) is 0 Å². The molecule has 1 unspecified atom stereocenters. The summed E-state index contributed by atoms with van der Waals surface area (Å²) in [5.41, 5.74) is 2.34. The normalized spacial score (nSPS) is 16.4. The van der Waals surface area contributed by atoms with E-state index in [1.165, 1.54) is 0 Å². The Morgan fingerprint density at radius 1 is 1.26 bits per heavy atom. The molecule has 1 aromatic heterocycles. The molecule has 1 amide bonds. The lowest BCUT2D eigenvalue weighted by atomic mass is 9.98. The highest BCUT2D eigenvalue weighted by Crippen LogP contribution is 2.21. The van der Waals surface area contributed by atoms with Gasteiger partial charge in [-0.15, -0.1) is 0 Å². The van der Waals surface area contributed by atoms with Crippen molar-refractivity contribution in [3.8, 4) is 0 Å². The van der Waals surface area contributed by atoms with Gasteiger partial charge in [0.05, 0.1) is 5.56 Å². The largest absolute Gasteiger partial charge is 0.448 e. The van der Waals surface area contributed by atoms with Crippen LogP contribution in [0, 0.1) is 0 Å². The summed E-state index contributed by atoms with van der Waals surface area (Å²) in [7, 11) is 1.72. The number of ether oxygens (including phenoxy) is 1. The van der Waals surface area contributed by atoms with Crippen molar-refractivity contribution in [3.63, 3.8) is 0 Å². The van der Waals surface area contributed by atoms with E-state index in [0.29, 0.717) is 24.9 Å². The van der Waals surface area contributed by atoms with Crippen LogP contribution in [0.4, 0.5) is 0 Å². The van der Waals surface area contributed by atoms with Crippen molar-refractivity contribution in [2.45, 2.75) is 18.9 Å². The molecule has 0 fully saturated rings. The van der Waals surface area contributed by atoms with E-state index in [0.717, 1.165) is 11.3 Å². The predicted octanol–water partition coefficient (Wildman–Crippen LogP) is 1.86. The number of hydrogen-bond acceptors (Lipinski definition) is 4. The molecular weight excluding hydrogens is 292 g/mol. The van der Waals surface area contributed by atoms with E-state index in [1.54, 1.807) is 30.3 Å². The number of aromatic nitrogens is 1. The maximum Gasteiger partial charge on any atom is 0.339 e. The molecule has 0 aliphatic carbocycles. The van der Waals surface area contributed by atoms with Gasteiger partial charge in [0.25, 0.3) is 5.91 Å². The summed E-state index contributed by atoms with van der Waals surface area (Å²) in [5.74, 6) is -0.605. The van der Waals surface area contributed by atoms with E-state index in [4.69, 9.17) is 4.74 Å². The summed E-state index contributed by atoms with van der Waals surface area (Å²) in [5, 5.41) is 0. The van der Waals surface area contributed by atoms with Crippen LogP contribution >= 0.6 is 0 Å². The number of nitrogens with zero attached hydrogens (tertiary/aromatic N) is 2. The Hall–Kier alpha value is -2.69. The molecule has 0 spiro atoms. The first-order chi connectivity index (χ1) is 11.1. The topological polar surface area (TPSA) is 59.5 Å². The average molecular weight is 310 g/mol. The molecule has 0 N–H and O–H groups in total. The van der Waals surface area contributed by atoms with Crippen molar-refractivity contribution in [3.05, 3.63) is 65.5 Å². The molecule has 118 valence electrons. The van der Waals surface area contributed by atoms with Crippen LogP contribution in [0.5, 0.6) is 0 Å². The quantitative estimate of drug-likeness (QED) is 0.809. The molecule has 2 aromatic rings. The number of esters is 1. The van der Waals surface area contributed by atoms with Gasteiger partial charge in [-0.25, -0.2) is 4.79 Å². The van der Waals surface area contributed by atoms with E-state index in [-0.39, 0.29) is 5.91 Å². The van der Waals surface area contributed by atoms with Crippen molar-refractivity contribution in [1.82, 2.24) is 9.88 Å². The predicted molar refractivity (Wildman–Crippen MR) is 84.9 cm³/mol. The Balaban J connectivity index is 1.63. The first-order valence-corrected chi connectivity index (χ1v) is 7.59. The van der Waals surface area contributed by atoms with Gasteiger partial charge in [0, 0.05) is 38.3 Å². The summed E-state index contributed by atoms with van der Waals surface area (Å²) in [6, 6.07) is 13.0. The Morgan fingerprint density at radius 2 is 2.04 bits per heavy atom. The van der Waals surface area contributed by atoms with Crippen LogP contribution in [0.3, 0.4) is 0 Å². The fraction of sp³-hybridized carbons (Fsp3) is 0.278. The van der Waals surface area contributed by atoms with Gasteiger partial charge in [0.15, 0.2) is 6.10 Å². The maximum absolute atomic E-state index is 12.5. The standard InChI is InChI=1S/C18H18N2O3/c1-20(11-9-14-7-4-5-10-19-14)17(21)16-12-13-6-2-3-8-15(13)18(22)23-16/h2-8,10,16H,9,11-12H2,1H3. The fourth-order valence-corrected chi connectivity index (χ4v) is 2.65. The van der Waals surface area contributed by atoms with Crippen molar-refractivity contribution >= 4 is 11.9 Å². The minimum Gasteiger partial charge on any atom is -0.448 e. The van der Waals surface area contributed by atoms with E-state index in [9.17, 15) is 9.59 Å². The number of pyridine rings is 1. The second kappa shape index (κ2) is 6.60. The van der Waals surface area contributed by atoms with Gasteiger partial charge in [-0.2, -0.15) is 0 Å². The molecule has 5 nitrogen and oxygen atoms in total. The smallest absolute Gasteiger partial charge is 0.339 e. The van der Waals surface area contributed by atoms with Gasteiger partial charge in [0.1, 0.15) is 0 Å². The van der Waals surface area contributed by atoms with Crippen LogP contribution < -0.4 is 0 Å². The van der Waals surface area contributed by atoms with E-state index in [1.807, 2.05) is 30.3 Å². The fourth-order valence-electron chi connectivity index (χ4n) is 2.65. The summed E-state index contributed by atoms with van der Waals surface area (Å²) in [6.45, 7) is 0.533. The molecule has 2 heterocycles. The molecule has 1 aliphatic heterocycles. The van der Waals surface area contributed by atoms with Crippen molar-refractivity contribution < 1.29 is 14.3 Å². The van der Waals surface area contributed by atoms with Gasteiger partial charge in [-0.05, 0) is 23.8 Å². The highest BCUT2D eigenvalue weighted by Gasteiger charge is 2.32. The SMILES string of the molecule is CN(CCc1ccccn1)C(=O)C1Cc2ccccc2C(=O)O1. The number of hydrogen-bond donors (Lipinski definition) is 0. The highest BCUT2D eigenvalue weighted by molar-refractivity contribution is 5.95. The van der Waals surface area contributed by atoms with Gasteiger partial charge in [-0.3, -0.25) is 9.78 Å².